The molecule has 0 N–H and O–H groups in total. The fourth-order valence-corrected chi connectivity index (χ4v) is 4.43. The lowest BCUT2D eigenvalue weighted by atomic mass is 10.2. The molecule has 0 unspecified atom stereocenters. The van der Waals surface area contributed by atoms with Gasteiger partial charge in [-0.25, -0.2) is 8.42 Å². The molecule has 0 saturated heterocycles. The van der Waals surface area contributed by atoms with Crippen LogP contribution in [-0.2, 0) is 15.9 Å². The van der Waals surface area contributed by atoms with E-state index in [9.17, 15) is 8.42 Å². The Hall–Kier alpha value is -0.580. The third-order valence-corrected chi connectivity index (χ3v) is 5.91. The Labute approximate surface area is 114 Å². The predicted octanol–water partition coefficient (Wildman–Crippen LogP) is 2.99. The van der Waals surface area contributed by atoms with E-state index in [2.05, 4.69) is 0 Å². The first kappa shape index (κ1) is 13.8. The second kappa shape index (κ2) is 5.59. The molecular weight excluding hydrogens is 270 g/mol. The average Bonchev–Trinajstić information content (AvgIpc) is 2.91. The van der Waals surface area contributed by atoms with E-state index in [1.807, 2.05) is 6.07 Å². The fourth-order valence-electron chi connectivity index (χ4n) is 2.49. The summed E-state index contributed by atoms with van der Waals surface area (Å²) in [5, 5.41) is 0. The van der Waals surface area contributed by atoms with Crippen molar-refractivity contribution in [1.29, 1.82) is 0 Å². The summed E-state index contributed by atoms with van der Waals surface area (Å²) in [5.41, 5.74) is 0.670. The SMILES string of the molecule is CN(C1CCCC1)S(=O)(=O)c1ccccc1CCl. The van der Waals surface area contributed by atoms with Crippen molar-refractivity contribution in [3.63, 3.8) is 0 Å². The summed E-state index contributed by atoms with van der Waals surface area (Å²) in [6, 6.07) is 7.09. The largest absolute Gasteiger partial charge is 0.243 e. The maximum Gasteiger partial charge on any atom is 0.243 e. The number of benzene rings is 1. The van der Waals surface area contributed by atoms with Gasteiger partial charge in [0.1, 0.15) is 0 Å². The van der Waals surface area contributed by atoms with E-state index >= 15 is 0 Å². The standard InChI is InChI=1S/C13H18ClNO2S/c1-15(12-7-3-4-8-12)18(16,17)13-9-5-2-6-11(13)10-14/h2,5-6,9,12H,3-4,7-8,10H2,1H3. The molecule has 0 radical (unpaired) electrons. The molecule has 1 saturated carbocycles. The number of halogens is 1. The highest BCUT2D eigenvalue weighted by Gasteiger charge is 2.31. The summed E-state index contributed by atoms with van der Waals surface area (Å²) in [4.78, 5) is 0.342. The zero-order valence-electron chi connectivity index (χ0n) is 10.5. The first-order valence-electron chi connectivity index (χ1n) is 6.19. The van der Waals surface area contributed by atoms with Gasteiger partial charge in [-0.15, -0.1) is 11.6 Å². The van der Waals surface area contributed by atoms with Gasteiger partial charge in [-0.2, -0.15) is 4.31 Å². The van der Waals surface area contributed by atoms with Crippen molar-refractivity contribution in [2.45, 2.75) is 42.5 Å². The molecule has 1 fully saturated rings. The van der Waals surface area contributed by atoms with Crippen LogP contribution in [0.4, 0.5) is 0 Å². The molecule has 0 amide bonds. The Bertz CT molecular complexity index is 509. The lowest BCUT2D eigenvalue weighted by Crippen LogP contribution is -2.35. The third-order valence-electron chi connectivity index (χ3n) is 3.61. The lowest BCUT2D eigenvalue weighted by molar-refractivity contribution is 0.373. The number of hydrogen-bond acceptors (Lipinski definition) is 2. The maximum absolute atomic E-state index is 12.6. The van der Waals surface area contributed by atoms with Gasteiger partial charge in [0.15, 0.2) is 0 Å². The molecule has 0 bridgehead atoms. The minimum Gasteiger partial charge on any atom is -0.207 e. The minimum atomic E-state index is -3.42. The molecule has 2 rings (SSSR count). The van der Waals surface area contributed by atoms with Crippen molar-refractivity contribution >= 4 is 21.6 Å². The van der Waals surface area contributed by atoms with Crippen molar-refractivity contribution in [3.05, 3.63) is 29.8 Å². The third kappa shape index (κ3) is 2.56. The first-order chi connectivity index (χ1) is 8.57. The van der Waals surface area contributed by atoms with E-state index in [1.54, 1.807) is 25.2 Å². The number of nitrogens with zero attached hydrogens (tertiary/aromatic N) is 1. The van der Waals surface area contributed by atoms with Gasteiger partial charge < -0.3 is 0 Å². The van der Waals surface area contributed by atoms with Crippen LogP contribution in [0.2, 0.25) is 0 Å². The van der Waals surface area contributed by atoms with Gasteiger partial charge in [0.2, 0.25) is 10.0 Å². The summed E-state index contributed by atoms with van der Waals surface area (Å²) in [5.74, 6) is 0.216. The van der Waals surface area contributed by atoms with E-state index in [-0.39, 0.29) is 11.9 Å². The summed E-state index contributed by atoms with van der Waals surface area (Å²) >= 11 is 5.82. The van der Waals surface area contributed by atoms with E-state index < -0.39 is 10.0 Å². The zero-order valence-corrected chi connectivity index (χ0v) is 12.0. The van der Waals surface area contributed by atoms with Crippen LogP contribution in [0.25, 0.3) is 0 Å². The molecule has 1 aliphatic rings. The normalized spacial score (nSPS) is 17.5. The molecular formula is C13H18ClNO2S. The Morgan fingerprint density at radius 1 is 1.28 bits per heavy atom. The van der Waals surface area contributed by atoms with Crippen molar-refractivity contribution in [3.8, 4) is 0 Å². The van der Waals surface area contributed by atoms with Crippen LogP contribution in [-0.4, -0.2) is 25.8 Å². The topological polar surface area (TPSA) is 37.4 Å². The van der Waals surface area contributed by atoms with E-state index in [1.165, 1.54) is 4.31 Å². The van der Waals surface area contributed by atoms with Gasteiger partial charge in [0, 0.05) is 19.0 Å². The lowest BCUT2D eigenvalue weighted by Gasteiger charge is -2.24. The van der Waals surface area contributed by atoms with Crippen molar-refractivity contribution in [1.82, 2.24) is 4.31 Å². The highest BCUT2D eigenvalue weighted by atomic mass is 35.5. The van der Waals surface area contributed by atoms with Gasteiger partial charge in [0.05, 0.1) is 4.90 Å². The summed E-state index contributed by atoms with van der Waals surface area (Å²) in [6.07, 6.45) is 4.14. The van der Waals surface area contributed by atoms with Crippen LogP contribution in [0.3, 0.4) is 0 Å². The number of sulfonamides is 1. The summed E-state index contributed by atoms with van der Waals surface area (Å²) in [6.45, 7) is 0. The van der Waals surface area contributed by atoms with Gasteiger partial charge >= 0.3 is 0 Å². The highest BCUT2D eigenvalue weighted by Crippen LogP contribution is 2.28. The molecule has 18 heavy (non-hydrogen) atoms. The minimum absolute atomic E-state index is 0.137. The Morgan fingerprint density at radius 3 is 2.50 bits per heavy atom. The molecule has 100 valence electrons. The van der Waals surface area contributed by atoms with E-state index in [4.69, 9.17) is 11.6 Å². The van der Waals surface area contributed by atoms with Crippen LogP contribution in [0, 0.1) is 0 Å². The molecule has 3 nitrogen and oxygen atoms in total. The predicted molar refractivity (Wildman–Crippen MR) is 73.2 cm³/mol. The number of alkyl halides is 1. The van der Waals surface area contributed by atoms with Crippen LogP contribution < -0.4 is 0 Å². The average molecular weight is 288 g/mol. The van der Waals surface area contributed by atoms with E-state index in [0.29, 0.717) is 10.5 Å². The molecule has 0 heterocycles. The first-order valence-corrected chi connectivity index (χ1v) is 8.16. The molecule has 0 aromatic heterocycles. The smallest absolute Gasteiger partial charge is 0.207 e. The second-order valence-corrected chi connectivity index (χ2v) is 6.93. The molecule has 0 atom stereocenters. The Morgan fingerprint density at radius 2 is 1.89 bits per heavy atom. The summed E-state index contributed by atoms with van der Waals surface area (Å²) in [7, 11) is -1.74. The van der Waals surface area contributed by atoms with E-state index in [0.717, 1.165) is 25.7 Å². The van der Waals surface area contributed by atoms with Gasteiger partial charge in [-0.1, -0.05) is 31.0 Å². The fraction of sp³-hybridized carbons (Fsp3) is 0.538. The molecule has 1 aromatic rings. The van der Waals surface area contributed by atoms with Crippen LogP contribution in [0.5, 0.6) is 0 Å². The van der Waals surface area contributed by atoms with Gasteiger partial charge in [-0.05, 0) is 24.5 Å². The van der Waals surface area contributed by atoms with Crippen molar-refractivity contribution in [2.75, 3.05) is 7.05 Å². The Kier molecular flexibility index (Phi) is 4.30. The van der Waals surface area contributed by atoms with Crippen molar-refractivity contribution < 1.29 is 8.42 Å². The molecule has 1 aromatic carbocycles. The van der Waals surface area contributed by atoms with Gasteiger partial charge in [0.25, 0.3) is 0 Å². The molecule has 5 heteroatoms. The molecule has 1 aliphatic carbocycles. The van der Waals surface area contributed by atoms with Gasteiger partial charge in [-0.3, -0.25) is 0 Å². The number of rotatable bonds is 4. The van der Waals surface area contributed by atoms with Crippen LogP contribution in [0.15, 0.2) is 29.2 Å². The van der Waals surface area contributed by atoms with Crippen LogP contribution in [0.1, 0.15) is 31.2 Å². The van der Waals surface area contributed by atoms with Crippen LogP contribution >= 0.6 is 11.6 Å². The molecule has 0 aliphatic heterocycles. The highest BCUT2D eigenvalue weighted by molar-refractivity contribution is 7.89. The zero-order chi connectivity index (χ0) is 13.2. The number of hydrogen-bond donors (Lipinski definition) is 0. The quantitative estimate of drug-likeness (QED) is 0.799. The Balaban J connectivity index is 2.35. The second-order valence-electron chi connectivity index (χ2n) is 4.70. The summed E-state index contributed by atoms with van der Waals surface area (Å²) < 4.78 is 26.7. The maximum atomic E-state index is 12.6. The van der Waals surface area contributed by atoms with Crippen molar-refractivity contribution in [2.24, 2.45) is 0 Å². The monoisotopic (exact) mass is 287 g/mol. The molecule has 0 spiro atoms.